The molecule has 3 nitrogen and oxygen atoms in total. The Labute approximate surface area is 119 Å². The summed E-state index contributed by atoms with van der Waals surface area (Å²) in [6.07, 6.45) is 4.54. The fourth-order valence-electron chi connectivity index (χ4n) is 2.93. The first-order valence-corrected chi connectivity index (χ1v) is 7.30. The lowest BCUT2D eigenvalue weighted by Crippen LogP contribution is -2.47. The van der Waals surface area contributed by atoms with E-state index in [4.69, 9.17) is 21.1 Å². The number of nitrogens with one attached hydrogen (secondary N) is 1. The van der Waals surface area contributed by atoms with Gasteiger partial charge in [0.2, 0.25) is 0 Å². The first-order valence-electron chi connectivity index (χ1n) is 6.92. The Hall–Kier alpha value is -0.770. The predicted octanol–water partition coefficient (Wildman–Crippen LogP) is 2.93. The van der Waals surface area contributed by atoms with Crippen molar-refractivity contribution in [2.75, 3.05) is 20.3 Å². The topological polar surface area (TPSA) is 30.5 Å². The lowest BCUT2D eigenvalue weighted by atomic mass is 9.80. The highest BCUT2D eigenvalue weighted by Gasteiger charge is 2.36. The van der Waals surface area contributed by atoms with Gasteiger partial charge in [0.05, 0.1) is 12.2 Å². The summed E-state index contributed by atoms with van der Waals surface area (Å²) in [5.41, 5.74) is 2.45. The summed E-state index contributed by atoms with van der Waals surface area (Å²) in [6.45, 7) is 2.45. The van der Waals surface area contributed by atoms with Crippen molar-refractivity contribution in [1.29, 1.82) is 0 Å². The average molecular weight is 282 g/mol. The van der Waals surface area contributed by atoms with Crippen LogP contribution >= 0.6 is 11.6 Å². The molecule has 0 unspecified atom stereocenters. The maximum atomic E-state index is 6.16. The Balaban J connectivity index is 1.64. The van der Waals surface area contributed by atoms with E-state index in [1.165, 1.54) is 12.0 Å². The third kappa shape index (κ3) is 2.60. The van der Waals surface area contributed by atoms with E-state index in [9.17, 15) is 0 Å². The van der Waals surface area contributed by atoms with Crippen molar-refractivity contribution in [3.05, 3.63) is 28.3 Å². The largest absolute Gasteiger partial charge is 0.493 e. The maximum absolute atomic E-state index is 6.16. The molecule has 0 amide bonds. The van der Waals surface area contributed by atoms with Crippen LogP contribution < -0.4 is 10.1 Å². The number of fused-ring (bicyclic) bond motifs is 1. The molecule has 0 bridgehead atoms. The van der Waals surface area contributed by atoms with Crippen molar-refractivity contribution >= 4 is 11.6 Å². The van der Waals surface area contributed by atoms with Gasteiger partial charge in [0, 0.05) is 37.2 Å². The molecular weight excluding hydrogens is 262 g/mol. The van der Waals surface area contributed by atoms with E-state index in [1.54, 1.807) is 7.11 Å². The van der Waals surface area contributed by atoms with Crippen LogP contribution in [-0.2, 0) is 17.7 Å². The Morgan fingerprint density at radius 1 is 1.42 bits per heavy atom. The molecule has 2 aliphatic rings. The first kappa shape index (κ1) is 13.2. The SMILES string of the molecule is COC1(CNCc2cc(Cl)cc3c2OCC3)CCC1. The first-order chi connectivity index (χ1) is 9.22. The molecular formula is C15H20ClNO2. The van der Waals surface area contributed by atoms with Crippen molar-refractivity contribution in [2.45, 2.75) is 37.8 Å². The molecule has 1 fully saturated rings. The van der Waals surface area contributed by atoms with Gasteiger partial charge in [0.1, 0.15) is 5.75 Å². The Kier molecular flexibility index (Phi) is 3.70. The summed E-state index contributed by atoms with van der Waals surface area (Å²) in [6, 6.07) is 4.01. The number of benzene rings is 1. The van der Waals surface area contributed by atoms with Crippen LogP contribution in [0, 0.1) is 0 Å². The molecule has 4 heteroatoms. The van der Waals surface area contributed by atoms with E-state index < -0.39 is 0 Å². The molecule has 19 heavy (non-hydrogen) atoms. The fraction of sp³-hybridized carbons (Fsp3) is 0.600. The number of methoxy groups -OCH3 is 1. The standard InChI is InChI=1S/C15H20ClNO2/c1-18-15(4-2-5-15)10-17-9-12-8-13(16)7-11-3-6-19-14(11)12/h7-8,17H,2-6,9-10H2,1H3. The second-order valence-electron chi connectivity index (χ2n) is 5.50. The molecule has 1 N–H and O–H groups in total. The monoisotopic (exact) mass is 281 g/mol. The molecule has 0 saturated heterocycles. The van der Waals surface area contributed by atoms with Gasteiger partial charge in [-0.1, -0.05) is 11.6 Å². The number of hydrogen-bond acceptors (Lipinski definition) is 3. The van der Waals surface area contributed by atoms with Crippen molar-refractivity contribution in [3.63, 3.8) is 0 Å². The second-order valence-corrected chi connectivity index (χ2v) is 5.93. The molecule has 0 radical (unpaired) electrons. The summed E-state index contributed by atoms with van der Waals surface area (Å²) in [4.78, 5) is 0. The third-order valence-electron chi connectivity index (χ3n) is 4.29. The van der Waals surface area contributed by atoms with Crippen molar-refractivity contribution in [1.82, 2.24) is 5.32 Å². The molecule has 3 rings (SSSR count). The quantitative estimate of drug-likeness (QED) is 0.900. The number of rotatable bonds is 5. The highest BCUT2D eigenvalue weighted by atomic mass is 35.5. The minimum absolute atomic E-state index is 0.0581. The van der Waals surface area contributed by atoms with Crippen LogP contribution in [-0.4, -0.2) is 25.9 Å². The average Bonchev–Trinajstić information content (AvgIpc) is 2.80. The molecule has 0 atom stereocenters. The summed E-state index contributed by atoms with van der Waals surface area (Å²) < 4.78 is 11.3. The second kappa shape index (κ2) is 5.31. The zero-order valence-electron chi connectivity index (χ0n) is 11.3. The van der Waals surface area contributed by atoms with Gasteiger partial charge in [-0.15, -0.1) is 0 Å². The van der Waals surface area contributed by atoms with Crippen molar-refractivity contribution < 1.29 is 9.47 Å². The van der Waals surface area contributed by atoms with Gasteiger partial charge < -0.3 is 14.8 Å². The van der Waals surface area contributed by atoms with Crippen LogP contribution in [0.2, 0.25) is 5.02 Å². The van der Waals surface area contributed by atoms with Crippen LogP contribution in [0.5, 0.6) is 5.75 Å². The van der Waals surface area contributed by atoms with E-state index in [0.29, 0.717) is 0 Å². The lowest BCUT2D eigenvalue weighted by molar-refractivity contribution is -0.0695. The molecule has 1 saturated carbocycles. The fourth-order valence-corrected chi connectivity index (χ4v) is 3.19. The van der Waals surface area contributed by atoms with E-state index in [2.05, 4.69) is 5.32 Å². The normalized spacial score (nSPS) is 19.7. The van der Waals surface area contributed by atoms with Crippen LogP contribution in [0.4, 0.5) is 0 Å². The van der Waals surface area contributed by atoms with E-state index >= 15 is 0 Å². The van der Waals surface area contributed by atoms with Gasteiger partial charge in [0.25, 0.3) is 0 Å². The summed E-state index contributed by atoms with van der Waals surface area (Å²) >= 11 is 6.16. The van der Waals surface area contributed by atoms with Crippen molar-refractivity contribution in [2.24, 2.45) is 0 Å². The van der Waals surface area contributed by atoms with Gasteiger partial charge in [-0.3, -0.25) is 0 Å². The Morgan fingerprint density at radius 2 is 2.26 bits per heavy atom. The highest BCUT2D eigenvalue weighted by molar-refractivity contribution is 6.30. The van der Waals surface area contributed by atoms with Crippen molar-refractivity contribution in [3.8, 4) is 5.75 Å². The minimum atomic E-state index is 0.0581. The molecule has 1 aliphatic carbocycles. The number of ether oxygens (including phenoxy) is 2. The van der Waals surface area contributed by atoms with Crippen LogP contribution in [0.15, 0.2) is 12.1 Å². The Bertz CT molecular complexity index is 466. The summed E-state index contributed by atoms with van der Waals surface area (Å²) in [7, 11) is 1.81. The minimum Gasteiger partial charge on any atom is -0.493 e. The number of halogens is 1. The highest BCUT2D eigenvalue weighted by Crippen LogP contribution is 2.35. The molecule has 1 aromatic rings. The smallest absolute Gasteiger partial charge is 0.127 e. The van der Waals surface area contributed by atoms with Gasteiger partial charge in [-0.2, -0.15) is 0 Å². The zero-order chi connectivity index (χ0) is 13.3. The van der Waals surface area contributed by atoms with Crippen LogP contribution in [0.1, 0.15) is 30.4 Å². The van der Waals surface area contributed by atoms with Gasteiger partial charge in [0.15, 0.2) is 0 Å². The van der Waals surface area contributed by atoms with E-state index in [-0.39, 0.29) is 5.60 Å². The zero-order valence-corrected chi connectivity index (χ0v) is 12.1. The van der Waals surface area contributed by atoms with E-state index in [0.717, 1.165) is 55.3 Å². The predicted molar refractivity (Wildman–Crippen MR) is 75.9 cm³/mol. The Morgan fingerprint density at radius 3 is 2.95 bits per heavy atom. The molecule has 0 spiro atoms. The number of hydrogen-bond donors (Lipinski definition) is 1. The van der Waals surface area contributed by atoms with Gasteiger partial charge in [-0.25, -0.2) is 0 Å². The van der Waals surface area contributed by atoms with Crippen LogP contribution in [0.25, 0.3) is 0 Å². The molecule has 1 heterocycles. The third-order valence-corrected chi connectivity index (χ3v) is 4.50. The summed E-state index contributed by atoms with van der Waals surface area (Å²) in [5, 5.41) is 4.29. The molecule has 0 aromatic heterocycles. The lowest BCUT2D eigenvalue weighted by Gasteiger charge is -2.40. The van der Waals surface area contributed by atoms with Gasteiger partial charge in [-0.05, 0) is 37.0 Å². The molecule has 1 aromatic carbocycles. The molecule has 1 aliphatic heterocycles. The summed E-state index contributed by atoms with van der Waals surface area (Å²) in [5.74, 6) is 1.02. The maximum Gasteiger partial charge on any atom is 0.127 e. The molecule has 104 valence electrons. The van der Waals surface area contributed by atoms with E-state index in [1.807, 2.05) is 12.1 Å². The van der Waals surface area contributed by atoms with Crippen LogP contribution in [0.3, 0.4) is 0 Å². The van der Waals surface area contributed by atoms with Gasteiger partial charge >= 0.3 is 0 Å².